The molecular formula is C23H21N3O5S. The molecule has 1 heterocycles. The Morgan fingerprint density at radius 3 is 2.31 bits per heavy atom. The summed E-state index contributed by atoms with van der Waals surface area (Å²) in [5.74, 6) is -0.755. The number of hydrogen-bond donors (Lipinski definition) is 3. The first-order valence-electron chi connectivity index (χ1n) is 9.41. The Hall–Kier alpha value is -4.11. The van der Waals surface area contributed by atoms with Crippen molar-refractivity contribution >= 4 is 35.4 Å². The highest BCUT2D eigenvalue weighted by molar-refractivity contribution is 7.10. The summed E-state index contributed by atoms with van der Waals surface area (Å²) in [6.07, 6.45) is 2.94. The number of ether oxygens (including phenoxy) is 2. The maximum atomic E-state index is 12.7. The van der Waals surface area contributed by atoms with Crippen LogP contribution in [0.15, 0.2) is 70.8 Å². The van der Waals surface area contributed by atoms with Gasteiger partial charge in [-0.25, -0.2) is 5.43 Å². The van der Waals surface area contributed by atoms with E-state index in [1.165, 1.54) is 43.9 Å². The molecule has 0 aliphatic rings. The van der Waals surface area contributed by atoms with Crippen LogP contribution in [0.5, 0.6) is 17.2 Å². The minimum Gasteiger partial charge on any atom is -0.502 e. The van der Waals surface area contributed by atoms with Gasteiger partial charge in [0.2, 0.25) is 5.75 Å². The van der Waals surface area contributed by atoms with E-state index < -0.39 is 11.8 Å². The van der Waals surface area contributed by atoms with Crippen LogP contribution in [-0.4, -0.2) is 37.4 Å². The summed E-state index contributed by atoms with van der Waals surface area (Å²) in [7, 11) is 2.82. The number of benzene rings is 2. The molecule has 32 heavy (non-hydrogen) atoms. The Labute approximate surface area is 188 Å². The van der Waals surface area contributed by atoms with E-state index in [0.717, 1.165) is 4.88 Å². The van der Waals surface area contributed by atoms with Gasteiger partial charge in [0.25, 0.3) is 11.8 Å². The van der Waals surface area contributed by atoms with Gasteiger partial charge in [-0.3, -0.25) is 9.59 Å². The highest BCUT2D eigenvalue weighted by Crippen LogP contribution is 2.36. The molecule has 0 aliphatic carbocycles. The van der Waals surface area contributed by atoms with Crippen molar-refractivity contribution in [1.82, 2.24) is 10.7 Å². The van der Waals surface area contributed by atoms with E-state index in [0.29, 0.717) is 11.1 Å². The molecule has 3 aromatic rings. The van der Waals surface area contributed by atoms with Gasteiger partial charge in [0.15, 0.2) is 11.5 Å². The van der Waals surface area contributed by atoms with E-state index in [1.54, 1.807) is 36.4 Å². The smallest absolute Gasteiger partial charge is 0.287 e. The number of carbonyl (C=O) groups excluding carboxylic acids is 2. The molecular weight excluding hydrogens is 430 g/mol. The molecule has 0 saturated carbocycles. The van der Waals surface area contributed by atoms with Crippen LogP contribution in [0.25, 0.3) is 6.08 Å². The molecule has 0 unspecified atom stereocenters. The number of carbonyl (C=O) groups is 2. The summed E-state index contributed by atoms with van der Waals surface area (Å²) in [6.45, 7) is 0. The van der Waals surface area contributed by atoms with Crippen molar-refractivity contribution in [3.63, 3.8) is 0 Å². The maximum absolute atomic E-state index is 12.7. The molecule has 0 aliphatic heterocycles. The molecule has 8 nitrogen and oxygen atoms in total. The quantitative estimate of drug-likeness (QED) is 0.276. The van der Waals surface area contributed by atoms with Gasteiger partial charge in [0.05, 0.1) is 20.4 Å². The maximum Gasteiger partial charge on any atom is 0.287 e. The number of hydrogen-bond acceptors (Lipinski definition) is 7. The third-order valence-electron chi connectivity index (χ3n) is 4.24. The van der Waals surface area contributed by atoms with Gasteiger partial charge in [0, 0.05) is 16.0 Å². The minimum atomic E-state index is -0.600. The molecule has 0 saturated heterocycles. The summed E-state index contributed by atoms with van der Waals surface area (Å²) in [6, 6.07) is 15.3. The molecule has 3 N–H and O–H groups in total. The van der Waals surface area contributed by atoms with Crippen molar-refractivity contribution in [3.05, 3.63) is 81.7 Å². The predicted octanol–water partition coefficient (Wildman–Crippen LogP) is 3.39. The fourth-order valence-corrected chi connectivity index (χ4v) is 3.33. The van der Waals surface area contributed by atoms with E-state index in [2.05, 4.69) is 15.8 Å². The summed E-state index contributed by atoms with van der Waals surface area (Å²) >= 11 is 1.42. The van der Waals surface area contributed by atoms with Gasteiger partial charge in [0.1, 0.15) is 5.70 Å². The van der Waals surface area contributed by atoms with E-state index in [4.69, 9.17) is 9.47 Å². The van der Waals surface area contributed by atoms with Gasteiger partial charge in [-0.1, -0.05) is 24.3 Å². The fourth-order valence-electron chi connectivity index (χ4n) is 2.67. The fraction of sp³-hybridized carbons (Fsp3) is 0.0870. The number of thiophene rings is 1. The number of phenols is 1. The topological polar surface area (TPSA) is 109 Å². The summed E-state index contributed by atoms with van der Waals surface area (Å²) in [5, 5.41) is 18.4. The average molecular weight is 452 g/mol. The van der Waals surface area contributed by atoms with Gasteiger partial charge < -0.3 is 19.9 Å². The zero-order chi connectivity index (χ0) is 22.9. The Bertz CT molecular complexity index is 1120. The zero-order valence-corrected chi connectivity index (χ0v) is 18.2. The minimum absolute atomic E-state index is 0.0410. The third kappa shape index (κ3) is 5.73. The van der Waals surface area contributed by atoms with Crippen molar-refractivity contribution < 1.29 is 24.2 Å². The number of nitrogens with zero attached hydrogens (tertiary/aromatic N) is 1. The van der Waals surface area contributed by atoms with Crippen LogP contribution in [0.3, 0.4) is 0 Å². The lowest BCUT2D eigenvalue weighted by atomic mass is 10.2. The molecule has 0 radical (unpaired) electrons. The molecule has 0 atom stereocenters. The number of hydrazone groups is 1. The van der Waals surface area contributed by atoms with Gasteiger partial charge in [-0.15, -0.1) is 11.3 Å². The Morgan fingerprint density at radius 2 is 1.72 bits per heavy atom. The molecule has 0 bridgehead atoms. The van der Waals surface area contributed by atoms with Crippen molar-refractivity contribution in [2.45, 2.75) is 0 Å². The number of phenolic OH excluding ortho intramolecular Hbond substituents is 1. The van der Waals surface area contributed by atoms with Crippen LogP contribution in [0, 0.1) is 0 Å². The zero-order valence-electron chi connectivity index (χ0n) is 17.4. The largest absolute Gasteiger partial charge is 0.502 e. The van der Waals surface area contributed by atoms with Crippen molar-refractivity contribution in [1.29, 1.82) is 0 Å². The van der Waals surface area contributed by atoms with Crippen LogP contribution in [0.2, 0.25) is 0 Å². The highest BCUT2D eigenvalue weighted by atomic mass is 32.1. The molecule has 3 rings (SSSR count). The van der Waals surface area contributed by atoms with E-state index >= 15 is 0 Å². The van der Waals surface area contributed by atoms with Crippen LogP contribution in [0.1, 0.15) is 20.8 Å². The number of amides is 2. The molecule has 2 amide bonds. The normalized spacial score (nSPS) is 11.2. The van der Waals surface area contributed by atoms with Crippen molar-refractivity contribution in [2.24, 2.45) is 5.10 Å². The second-order valence-electron chi connectivity index (χ2n) is 6.37. The lowest BCUT2D eigenvalue weighted by Gasteiger charge is -2.10. The standard InChI is InChI=1S/C23H21N3O5S/c1-30-19-11-15(12-20(31-2)21(19)27)14-24-26-23(29)18(13-17-9-6-10-32-17)25-22(28)16-7-4-3-5-8-16/h3-14,27H,1-2H3,(H,25,28)(H,26,29)/b18-13-,24-14+. The Balaban J connectivity index is 1.78. The van der Waals surface area contributed by atoms with Crippen LogP contribution >= 0.6 is 11.3 Å². The molecule has 1 aromatic heterocycles. The van der Waals surface area contributed by atoms with Crippen LogP contribution < -0.4 is 20.2 Å². The average Bonchev–Trinajstić information content (AvgIpc) is 3.33. The van der Waals surface area contributed by atoms with Crippen molar-refractivity contribution in [3.8, 4) is 17.2 Å². The first-order valence-corrected chi connectivity index (χ1v) is 10.3. The summed E-state index contributed by atoms with van der Waals surface area (Å²) < 4.78 is 10.2. The number of aromatic hydroxyl groups is 1. The Kier molecular flexibility index (Phi) is 7.60. The Morgan fingerprint density at radius 1 is 1.03 bits per heavy atom. The second-order valence-corrected chi connectivity index (χ2v) is 7.35. The molecule has 0 spiro atoms. The highest BCUT2D eigenvalue weighted by Gasteiger charge is 2.15. The van der Waals surface area contributed by atoms with E-state index in [9.17, 15) is 14.7 Å². The molecule has 0 fully saturated rings. The van der Waals surface area contributed by atoms with Crippen molar-refractivity contribution in [2.75, 3.05) is 14.2 Å². The van der Waals surface area contributed by atoms with Gasteiger partial charge >= 0.3 is 0 Å². The molecule has 2 aromatic carbocycles. The summed E-state index contributed by atoms with van der Waals surface area (Å²) in [4.78, 5) is 26.1. The number of nitrogens with one attached hydrogen (secondary N) is 2. The lowest BCUT2D eigenvalue weighted by molar-refractivity contribution is -0.117. The predicted molar refractivity (Wildman–Crippen MR) is 123 cm³/mol. The van der Waals surface area contributed by atoms with Crippen LogP contribution in [-0.2, 0) is 4.79 Å². The van der Waals surface area contributed by atoms with E-state index in [1.807, 2.05) is 17.5 Å². The van der Waals surface area contributed by atoms with E-state index in [-0.39, 0.29) is 22.9 Å². The SMILES string of the molecule is COc1cc(/C=N/NC(=O)/C(=C/c2cccs2)NC(=O)c2ccccc2)cc(OC)c1O. The molecule has 164 valence electrons. The number of methoxy groups -OCH3 is 2. The first kappa shape index (κ1) is 22.6. The number of rotatable bonds is 8. The monoisotopic (exact) mass is 451 g/mol. The summed E-state index contributed by atoms with van der Waals surface area (Å²) in [5.41, 5.74) is 3.38. The van der Waals surface area contributed by atoms with Gasteiger partial charge in [-0.05, 0) is 41.8 Å². The van der Waals surface area contributed by atoms with Gasteiger partial charge in [-0.2, -0.15) is 5.10 Å². The third-order valence-corrected chi connectivity index (χ3v) is 5.06. The lowest BCUT2D eigenvalue weighted by Crippen LogP contribution is -2.32. The second kappa shape index (κ2) is 10.8. The molecule has 9 heteroatoms. The first-order chi connectivity index (χ1) is 15.5. The van der Waals surface area contributed by atoms with Crippen LogP contribution in [0.4, 0.5) is 0 Å².